The van der Waals surface area contributed by atoms with Crippen molar-refractivity contribution in [2.24, 2.45) is 0 Å². The first-order chi connectivity index (χ1) is 13.2. The smallest absolute Gasteiger partial charge is 0.360 e. The van der Waals surface area contributed by atoms with Crippen molar-refractivity contribution in [2.45, 2.75) is 62.4 Å². The second kappa shape index (κ2) is 8.07. The van der Waals surface area contributed by atoms with Gasteiger partial charge in [-0.05, 0) is 25.1 Å². The van der Waals surface area contributed by atoms with Crippen molar-refractivity contribution in [3.05, 3.63) is 11.9 Å². The lowest BCUT2D eigenvalue weighted by atomic mass is 9.96. The molecule has 3 aliphatic rings. The van der Waals surface area contributed by atoms with Gasteiger partial charge < -0.3 is 24.8 Å². The summed E-state index contributed by atoms with van der Waals surface area (Å²) in [6, 6.07) is 0.320. The number of hydrogen-bond donors (Lipinski definition) is 2. The number of ether oxygens (including phenoxy) is 3. The number of carbonyl (C=O) groups is 1. The molecule has 0 amide bonds. The van der Waals surface area contributed by atoms with Gasteiger partial charge in [0.25, 0.3) is 0 Å². The third kappa shape index (κ3) is 3.92. The molecular weight excluding hydrogens is 370 g/mol. The molecular formula is C17H25N5O4S. The topological polar surface area (TPSA) is 99.5 Å². The molecule has 27 heavy (non-hydrogen) atoms. The zero-order valence-electron chi connectivity index (χ0n) is 15.3. The molecule has 0 radical (unpaired) electrons. The van der Waals surface area contributed by atoms with Crippen LogP contribution in [0, 0.1) is 0 Å². The lowest BCUT2D eigenvalue weighted by molar-refractivity contribution is 0.0592. The number of rotatable bonds is 4. The Bertz CT molecular complexity index is 693. The summed E-state index contributed by atoms with van der Waals surface area (Å²) in [7, 11) is 1.32. The second-order valence-electron chi connectivity index (χ2n) is 7.30. The van der Waals surface area contributed by atoms with Crippen molar-refractivity contribution < 1.29 is 19.0 Å². The minimum Gasteiger partial charge on any atom is -0.464 e. The highest BCUT2D eigenvalue weighted by Crippen LogP contribution is 2.34. The Morgan fingerprint density at radius 3 is 2.78 bits per heavy atom. The zero-order valence-corrected chi connectivity index (χ0v) is 16.1. The summed E-state index contributed by atoms with van der Waals surface area (Å²) >= 11 is 5.49. The fourth-order valence-corrected chi connectivity index (χ4v) is 4.43. The Kier molecular flexibility index (Phi) is 5.55. The van der Waals surface area contributed by atoms with E-state index in [9.17, 15) is 4.79 Å². The number of hydrogen-bond acceptors (Lipinski definition) is 7. The average Bonchev–Trinajstić information content (AvgIpc) is 3.39. The van der Waals surface area contributed by atoms with E-state index in [4.69, 9.17) is 21.7 Å². The van der Waals surface area contributed by atoms with Crippen LogP contribution in [-0.2, 0) is 14.2 Å². The summed E-state index contributed by atoms with van der Waals surface area (Å²) in [5.41, 5.74) is 0.173. The predicted octanol–water partition coefficient (Wildman–Crippen LogP) is 0.569. The van der Waals surface area contributed by atoms with E-state index in [0.29, 0.717) is 24.4 Å². The quantitative estimate of drug-likeness (QED) is 0.560. The van der Waals surface area contributed by atoms with Crippen LogP contribution in [0.3, 0.4) is 0 Å². The van der Waals surface area contributed by atoms with Crippen LogP contribution in [0.4, 0.5) is 0 Å². The maximum absolute atomic E-state index is 11.6. The van der Waals surface area contributed by atoms with Crippen molar-refractivity contribution in [1.82, 2.24) is 25.6 Å². The number of nitrogens with one attached hydrogen (secondary N) is 2. The van der Waals surface area contributed by atoms with Gasteiger partial charge in [0, 0.05) is 6.04 Å². The van der Waals surface area contributed by atoms with Gasteiger partial charge in [-0.25, -0.2) is 9.48 Å². The van der Waals surface area contributed by atoms with Gasteiger partial charge in [0.1, 0.15) is 18.2 Å². The van der Waals surface area contributed by atoms with Gasteiger partial charge in [0.05, 0.1) is 32.6 Å². The number of fused-ring (bicyclic) bond motifs is 1. The van der Waals surface area contributed by atoms with Gasteiger partial charge >= 0.3 is 5.97 Å². The molecule has 0 unspecified atom stereocenters. The molecule has 10 heteroatoms. The van der Waals surface area contributed by atoms with E-state index in [-0.39, 0.29) is 30.0 Å². The third-order valence-corrected chi connectivity index (χ3v) is 5.76. The standard InChI is InChI=1S/C17H25N5O4S/c1-24-16(23)11-7-22(21-20-11)13-9-26-14-12(8-25-15(13)14)19-17(27)18-10-5-3-2-4-6-10/h7,10,12-15H,2-6,8-9H2,1H3,(H2,18,19,27)/t12-,13+,14-,15+/m0/s1. The van der Waals surface area contributed by atoms with E-state index >= 15 is 0 Å². The van der Waals surface area contributed by atoms with Crippen LogP contribution >= 0.6 is 12.2 Å². The van der Waals surface area contributed by atoms with E-state index < -0.39 is 5.97 Å². The molecule has 2 aliphatic heterocycles. The van der Waals surface area contributed by atoms with E-state index in [1.165, 1.54) is 39.2 Å². The van der Waals surface area contributed by atoms with Crippen LogP contribution in [0.1, 0.15) is 48.6 Å². The van der Waals surface area contributed by atoms with E-state index in [0.717, 1.165) is 0 Å². The van der Waals surface area contributed by atoms with Gasteiger partial charge in [-0.15, -0.1) is 5.10 Å². The Labute approximate surface area is 163 Å². The normalized spacial score (nSPS) is 30.7. The molecule has 1 saturated carbocycles. The van der Waals surface area contributed by atoms with E-state index in [1.807, 2.05) is 0 Å². The molecule has 0 spiro atoms. The summed E-state index contributed by atoms with van der Waals surface area (Å²) in [4.78, 5) is 11.6. The molecule has 0 bridgehead atoms. The number of nitrogens with zero attached hydrogens (tertiary/aromatic N) is 3. The minimum absolute atomic E-state index is 0.00723. The lowest BCUT2D eigenvalue weighted by Crippen LogP contribution is -2.50. The van der Waals surface area contributed by atoms with Crippen LogP contribution in [0.2, 0.25) is 0 Å². The average molecular weight is 395 g/mol. The number of esters is 1. The molecule has 148 valence electrons. The lowest BCUT2D eigenvalue weighted by Gasteiger charge is -2.26. The van der Waals surface area contributed by atoms with Gasteiger partial charge in [-0.1, -0.05) is 24.5 Å². The van der Waals surface area contributed by atoms with Gasteiger partial charge in [-0.3, -0.25) is 0 Å². The Morgan fingerprint density at radius 2 is 2.00 bits per heavy atom. The van der Waals surface area contributed by atoms with Crippen molar-refractivity contribution in [3.63, 3.8) is 0 Å². The summed E-state index contributed by atoms with van der Waals surface area (Å²) in [6.45, 7) is 0.956. The molecule has 4 rings (SSSR count). The molecule has 3 heterocycles. The van der Waals surface area contributed by atoms with E-state index in [1.54, 1.807) is 10.9 Å². The van der Waals surface area contributed by atoms with Crippen molar-refractivity contribution >= 4 is 23.3 Å². The summed E-state index contributed by atoms with van der Waals surface area (Å²) < 4.78 is 18.2. The Hall–Kier alpha value is -1.78. The number of thiocarbonyl (C=S) groups is 1. The first-order valence-corrected chi connectivity index (χ1v) is 9.87. The highest BCUT2D eigenvalue weighted by atomic mass is 32.1. The molecule has 0 aromatic carbocycles. The van der Waals surface area contributed by atoms with Crippen LogP contribution in [0.5, 0.6) is 0 Å². The van der Waals surface area contributed by atoms with Crippen LogP contribution in [0.25, 0.3) is 0 Å². The predicted molar refractivity (Wildman–Crippen MR) is 99.4 cm³/mol. The summed E-state index contributed by atoms with van der Waals surface area (Å²) in [6.07, 6.45) is 7.46. The first-order valence-electron chi connectivity index (χ1n) is 9.46. The minimum atomic E-state index is -0.511. The van der Waals surface area contributed by atoms with E-state index in [2.05, 4.69) is 25.7 Å². The van der Waals surface area contributed by atoms with Gasteiger partial charge in [-0.2, -0.15) is 0 Å². The van der Waals surface area contributed by atoms with Crippen LogP contribution in [0.15, 0.2) is 6.20 Å². The second-order valence-corrected chi connectivity index (χ2v) is 7.71. The molecule has 2 saturated heterocycles. The summed E-state index contributed by atoms with van der Waals surface area (Å²) in [5, 5.41) is 15.3. The highest BCUT2D eigenvalue weighted by Gasteiger charge is 2.49. The number of carbonyl (C=O) groups excluding carboxylic acids is 1. The molecule has 1 aromatic heterocycles. The molecule has 4 atom stereocenters. The molecule has 3 fully saturated rings. The Morgan fingerprint density at radius 1 is 1.22 bits per heavy atom. The zero-order chi connectivity index (χ0) is 18.8. The van der Waals surface area contributed by atoms with Crippen molar-refractivity contribution in [3.8, 4) is 0 Å². The number of methoxy groups -OCH3 is 1. The van der Waals surface area contributed by atoms with Gasteiger partial charge in [0.2, 0.25) is 0 Å². The van der Waals surface area contributed by atoms with Crippen LogP contribution < -0.4 is 10.6 Å². The fraction of sp³-hybridized carbons (Fsp3) is 0.765. The monoisotopic (exact) mass is 395 g/mol. The fourth-order valence-electron chi connectivity index (χ4n) is 4.11. The third-order valence-electron chi connectivity index (χ3n) is 5.53. The largest absolute Gasteiger partial charge is 0.464 e. The maximum atomic E-state index is 11.6. The maximum Gasteiger partial charge on any atom is 0.360 e. The van der Waals surface area contributed by atoms with Gasteiger partial charge in [0.15, 0.2) is 10.8 Å². The highest BCUT2D eigenvalue weighted by molar-refractivity contribution is 7.80. The van der Waals surface area contributed by atoms with Crippen molar-refractivity contribution in [2.75, 3.05) is 20.3 Å². The molecule has 2 N–H and O–H groups in total. The molecule has 1 aliphatic carbocycles. The molecule has 9 nitrogen and oxygen atoms in total. The van der Waals surface area contributed by atoms with Crippen molar-refractivity contribution in [1.29, 1.82) is 0 Å². The number of aromatic nitrogens is 3. The Balaban J connectivity index is 1.33. The SMILES string of the molecule is COC(=O)c1cn([C@@H]2CO[C@@H]3[C@@H]2OC[C@@H]3NC(=S)NC2CCCCC2)nn1. The first kappa shape index (κ1) is 18.6. The molecule has 1 aromatic rings. The summed E-state index contributed by atoms with van der Waals surface area (Å²) in [5.74, 6) is -0.511. The van der Waals surface area contributed by atoms with Crippen LogP contribution in [-0.4, -0.2) is 70.7 Å².